The number of para-hydroxylation sites is 3. The highest BCUT2D eigenvalue weighted by molar-refractivity contribution is 6.15. The Morgan fingerprint density at radius 3 is 1.76 bits per heavy atom. The van der Waals surface area contributed by atoms with Crippen LogP contribution >= 0.6 is 0 Å². The molecule has 0 unspecified atom stereocenters. The van der Waals surface area contributed by atoms with Crippen LogP contribution in [-0.2, 0) is 0 Å². The molecule has 8 aromatic carbocycles. The Bertz CT molecular complexity index is 3310. The smallest absolute Gasteiger partial charge is 0.159 e. The number of rotatable bonds is 4. The number of aromatic nitrogens is 4. The maximum atomic E-state index is 5.14. The predicted molar refractivity (Wildman–Crippen MR) is 224 cm³/mol. The highest BCUT2D eigenvalue weighted by Crippen LogP contribution is 2.46. The third-order valence-electron chi connectivity index (χ3n) is 11.3. The minimum absolute atomic E-state index is 0.735. The highest BCUT2D eigenvalue weighted by Gasteiger charge is 2.24. The summed E-state index contributed by atoms with van der Waals surface area (Å²) >= 11 is 0. The molecule has 3 heterocycles. The molecule has 11 aromatic rings. The Hall–Kier alpha value is -7.30. The Kier molecular flexibility index (Phi) is 6.02. The summed E-state index contributed by atoms with van der Waals surface area (Å²) in [6, 6.07) is 63.5. The van der Waals surface area contributed by atoms with Crippen LogP contribution in [0.3, 0.4) is 0 Å². The number of benzene rings is 8. The van der Waals surface area contributed by atoms with Gasteiger partial charge in [-0.05, 0) is 94.2 Å². The third kappa shape index (κ3) is 4.13. The Morgan fingerprint density at radius 2 is 0.963 bits per heavy atom. The molecule has 0 radical (unpaired) electrons. The van der Waals surface area contributed by atoms with E-state index < -0.39 is 0 Å². The Balaban J connectivity index is 0.975. The van der Waals surface area contributed by atoms with E-state index in [0.29, 0.717) is 0 Å². The van der Waals surface area contributed by atoms with Gasteiger partial charge in [0.1, 0.15) is 0 Å². The Labute approximate surface area is 310 Å². The van der Waals surface area contributed by atoms with Crippen molar-refractivity contribution < 1.29 is 0 Å². The lowest BCUT2D eigenvalue weighted by Gasteiger charge is -2.11. The standard InChI is InChI=1S/C50H30N4/c1-2-12-35(13-3-1)53-45-19-7-5-15-38(45)42-28-33(23-27-46(42)53)34-22-26-39-37-14-4-6-18-44(37)54(47(39)29-34)36-24-20-32(21-25-36)50-51-30-43-40-16-8-10-31-11-9-17-41(48(31)40)49(43)52-50/h1-30H. The molecule has 0 bridgehead atoms. The third-order valence-corrected chi connectivity index (χ3v) is 11.3. The van der Waals surface area contributed by atoms with Crippen molar-refractivity contribution >= 4 is 54.4 Å². The second-order valence-electron chi connectivity index (χ2n) is 14.2. The molecule has 0 saturated carbocycles. The van der Waals surface area contributed by atoms with Crippen LogP contribution in [0.5, 0.6) is 0 Å². The lowest BCUT2D eigenvalue weighted by Crippen LogP contribution is -1.96. The Morgan fingerprint density at radius 1 is 0.370 bits per heavy atom. The van der Waals surface area contributed by atoms with Gasteiger partial charge in [-0.3, -0.25) is 0 Å². The van der Waals surface area contributed by atoms with E-state index in [4.69, 9.17) is 9.97 Å². The van der Waals surface area contributed by atoms with Crippen LogP contribution in [0.1, 0.15) is 0 Å². The van der Waals surface area contributed by atoms with Gasteiger partial charge in [-0.25, -0.2) is 9.97 Å². The minimum Gasteiger partial charge on any atom is -0.309 e. The summed E-state index contributed by atoms with van der Waals surface area (Å²) in [6.45, 7) is 0. The fourth-order valence-electron chi connectivity index (χ4n) is 8.88. The van der Waals surface area contributed by atoms with Crippen molar-refractivity contribution in [3.63, 3.8) is 0 Å². The maximum Gasteiger partial charge on any atom is 0.159 e. The zero-order chi connectivity index (χ0) is 35.3. The van der Waals surface area contributed by atoms with Gasteiger partial charge >= 0.3 is 0 Å². The SMILES string of the molecule is c1ccc(-n2c3ccccc3c3cc(-c4ccc5c6ccccc6n(-c6ccc(-c7ncc8c(n7)-c7cccc9cccc-8c79)cc6)c5c4)ccc32)cc1. The first-order valence-corrected chi connectivity index (χ1v) is 18.4. The molecule has 0 atom stereocenters. The second-order valence-corrected chi connectivity index (χ2v) is 14.2. The molecule has 1 aliphatic carbocycles. The van der Waals surface area contributed by atoms with Crippen LogP contribution < -0.4 is 0 Å². The van der Waals surface area contributed by atoms with Gasteiger partial charge in [-0.15, -0.1) is 0 Å². The van der Waals surface area contributed by atoms with E-state index >= 15 is 0 Å². The van der Waals surface area contributed by atoms with E-state index in [9.17, 15) is 0 Å². The summed E-state index contributed by atoms with van der Waals surface area (Å²) in [4.78, 5) is 10.0. The summed E-state index contributed by atoms with van der Waals surface area (Å²) in [6.07, 6.45) is 1.99. The zero-order valence-corrected chi connectivity index (χ0v) is 29.1. The van der Waals surface area contributed by atoms with E-state index in [-0.39, 0.29) is 0 Å². The number of nitrogens with zero attached hydrogens (tertiary/aromatic N) is 4. The highest BCUT2D eigenvalue weighted by atomic mass is 15.0. The molecule has 3 aromatic heterocycles. The van der Waals surface area contributed by atoms with Gasteiger partial charge in [0.25, 0.3) is 0 Å². The molecule has 12 rings (SSSR count). The van der Waals surface area contributed by atoms with Crippen LogP contribution in [-0.4, -0.2) is 19.1 Å². The van der Waals surface area contributed by atoms with Crippen molar-refractivity contribution in [2.24, 2.45) is 0 Å². The molecule has 0 spiro atoms. The van der Waals surface area contributed by atoms with Crippen molar-refractivity contribution in [2.45, 2.75) is 0 Å². The molecule has 4 nitrogen and oxygen atoms in total. The average molecular weight is 687 g/mol. The molecule has 0 N–H and O–H groups in total. The van der Waals surface area contributed by atoms with E-state index in [1.54, 1.807) is 0 Å². The lowest BCUT2D eigenvalue weighted by molar-refractivity contribution is 1.17. The lowest BCUT2D eigenvalue weighted by atomic mass is 10.0. The first-order valence-electron chi connectivity index (χ1n) is 18.4. The van der Waals surface area contributed by atoms with Crippen molar-refractivity contribution in [2.75, 3.05) is 0 Å². The molecular formula is C50H30N4. The molecule has 0 fully saturated rings. The topological polar surface area (TPSA) is 35.6 Å². The van der Waals surface area contributed by atoms with Crippen LogP contribution in [0.4, 0.5) is 0 Å². The van der Waals surface area contributed by atoms with Crippen molar-refractivity contribution in [3.8, 4) is 56.3 Å². The monoisotopic (exact) mass is 686 g/mol. The van der Waals surface area contributed by atoms with E-state index in [1.165, 1.54) is 82.3 Å². The maximum absolute atomic E-state index is 5.14. The predicted octanol–water partition coefficient (Wildman–Crippen LogP) is 12.8. The van der Waals surface area contributed by atoms with Gasteiger partial charge < -0.3 is 9.13 Å². The molecule has 54 heavy (non-hydrogen) atoms. The quantitative estimate of drug-likeness (QED) is 0.185. The van der Waals surface area contributed by atoms with Gasteiger partial charge in [0, 0.05) is 55.8 Å². The summed E-state index contributed by atoms with van der Waals surface area (Å²) in [5.41, 5.74) is 14.9. The van der Waals surface area contributed by atoms with E-state index in [1.807, 2.05) is 6.20 Å². The van der Waals surface area contributed by atoms with Crippen LogP contribution in [0.15, 0.2) is 182 Å². The average Bonchev–Trinajstić information content (AvgIpc) is 3.87. The second kappa shape index (κ2) is 11.1. The molecular weight excluding hydrogens is 657 g/mol. The molecule has 0 aliphatic heterocycles. The fourth-order valence-corrected chi connectivity index (χ4v) is 8.88. The van der Waals surface area contributed by atoms with Crippen molar-refractivity contribution in [3.05, 3.63) is 182 Å². The van der Waals surface area contributed by atoms with E-state index in [2.05, 4.69) is 185 Å². The van der Waals surface area contributed by atoms with Gasteiger partial charge in [0.15, 0.2) is 5.82 Å². The van der Waals surface area contributed by atoms with Crippen LogP contribution in [0, 0.1) is 0 Å². The minimum atomic E-state index is 0.735. The fraction of sp³-hybridized carbons (Fsp3) is 0. The molecule has 250 valence electrons. The van der Waals surface area contributed by atoms with Gasteiger partial charge in [0.05, 0.1) is 27.8 Å². The van der Waals surface area contributed by atoms with Crippen LogP contribution in [0.25, 0.3) is 111 Å². The largest absolute Gasteiger partial charge is 0.309 e. The van der Waals surface area contributed by atoms with Gasteiger partial charge in [0.2, 0.25) is 0 Å². The number of fused-ring (bicyclic) bond motifs is 9. The molecule has 0 amide bonds. The first-order chi connectivity index (χ1) is 26.8. The number of hydrogen-bond acceptors (Lipinski definition) is 2. The van der Waals surface area contributed by atoms with Gasteiger partial charge in [-0.2, -0.15) is 0 Å². The van der Waals surface area contributed by atoms with Gasteiger partial charge in [-0.1, -0.05) is 109 Å². The summed E-state index contributed by atoms with van der Waals surface area (Å²) in [5.74, 6) is 0.735. The molecule has 0 saturated heterocycles. The van der Waals surface area contributed by atoms with Crippen molar-refractivity contribution in [1.29, 1.82) is 0 Å². The molecule has 1 aliphatic rings. The summed E-state index contributed by atoms with van der Waals surface area (Å²) in [7, 11) is 0. The summed E-state index contributed by atoms with van der Waals surface area (Å²) < 4.78 is 4.75. The number of hydrogen-bond donors (Lipinski definition) is 0. The summed E-state index contributed by atoms with van der Waals surface area (Å²) in [5, 5.41) is 7.47. The van der Waals surface area contributed by atoms with Crippen molar-refractivity contribution in [1.82, 2.24) is 19.1 Å². The van der Waals surface area contributed by atoms with Crippen LogP contribution in [0.2, 0.25) is 0 Å². The van der Waals surface area contributed by atoms with E-state index in [0.717, 1.165) is 28.3 Å². The molecule has 4 heteroatoms. The normalized spacial score (nSPS) is 12.1. The zero-order valence-electron chi connectivity index (χ0n) is 29.1. The first kappa shape index (κ1) is 29.3.